The Morgan fingerprint density at radius 1 is 0.800 bits per heavy atom. The molecule has 10 heteroatoms. The topological polar surface area (TPSA) is 118 Å². The van der Waals surface area contributed by atoms with Crippen LogP contribution in [-0.2, 0) is 18.3 Å². The lowest BCUT2D eigenvalue weighted by Gasteiger charge is -2.31. The van der Waals surface area contributed by atoms with E-state index in [0.29, 0.717) is 6.61 Å². The Balaban J connectivity index is 4.26. The minimum atomic E-state index is -1.72. The average Bonchev–Trinajstić information content (AvgIpc) is 2.49. The third-order valence-corrected chi connectivity index (χ3v) is 9.34. The Hall–Kier alpha value is 0.114. The van der Waals surface area contributed by atoms with Gasteiger partial charge in [-0.3, -0.25) is 0 Å². The molecule has 0 radical (unpaired) electrons. The molecule has 0 fully saturated rings. The number of aliphatic hydroxyl groups is 4. The lowest BCUT2D eigenvalue weighted by Crippen LogP contribution is -2.42. The second-order valence-electron chi connectivity index (χ2n) is 7.51. The summed E-state index contributed by atoms with van der Waals surface area (Å²) in [6.45, 7) is 10.4. The maximum absolute atomic E-state index is 9.25. The van der Waals surface area contributed by atoms with Gasteiger partial charge >= 0.3 is 0 Å². The van der Waals surface area contributed by atoms with Crippen LogP contribution in [0, 0.1) is 0 Å². The fourth-order valence-electron chi connectivity index (χ4n) is 2.31. The molecule has 0 aromatic carbocycles. The van der Waals surface area contributed by atoms with E-state index in [1.54, 1.807) is 0 Å². The van der Waals surface area contributed by atoms with E-state index in [4.69, 9.17) is 28.5 Å². The van der Waals surface area contributed by atoms with Crippen LogP contribution in [0.3, 0.4) is 0 Å². The average molecular weight is 401 g/mol. The summed E-state index contributed by atoms with van der Waals surface area (Å²) in [6.07, 6.45) is -2.27. The molecular weight excluding hydrogens is 364 g/mol. The molecule has 8 nitrogen and oxygen atoms in total. The molecule has 0 spiro atoms. The molecule has 0 saturated heterocycles. The van der Waals surface area contributed by atoms with E-state index < -0.39 is 48.5 Å². The van der Waals surface area contributed by atoms with Gasteiger partial charge in [-0.1, -0.05) is 0 Å². The van der Waals surface area contributed by atoms with E-state index in [1.807, 2.05) is 0 Å². The molecule has 4 N–H and O–H groups in total. The van der Waals surface area contributed by atoms with Gasteiger partial charge in [-0.05, 0) is 45.2 Å². The molecule has 0 bridgehead atoms. The molecule has 0 amide bonds. The van der Waals surface area contributed by atoms with Crippen molar-refractivity contribution in [3.05, 3.63) is 0 Å². The van der Waals surface area contributed by atoms with Crippen LogP contribution in [0.4, 0.5) is 0 Å². The van der Waals surface area contributed by atoms with Gasteiger partial charge in [0.1, 0.15) is 6.10 Å². The standard InChI is InChI=1S/C15H36O8Si2/c1-24(2,3)23-25(4,5)8-6-7-20-13(11-21-14(18)9-16)12-22-15(19)10-17/h13-19H,6-12H2,1-5H3. The normalized spacial score (nSPS) is 16.7. The Labute approximate surface area is 152 Å². The van der Waals surface area contributed by atoms with E-state index in [9.17, 15) is 10.2 Å². The first-order chi connectivity index (χ1) is 11.5. The van der Waals surface area contributed by atoms with E-state index >= 15 is 0 Å². The molecule has 0 rings (SSSR count). The second-order valence-corrected chi connectivity index (χ2v) is 16.6. The first-order valence-corrected chi connectivity index (χ1v) is 15.1. The Bertz CT molecular complexity index is 324. The van der Waals surface area contributed by atoms with Crippen LogP contribution in [0.1, 0.15) is 6.42 Å². The van der Waals surface area contributed by atoms with Gasteiger partial charge in [0, 0.05) is 6.61 Å². The predicted octanol–water partition coefficient (Wildman–Crippen LogP) is 0.473. The molecule has 0 aliphatic carbocycles. The van der Waals surface area contributed by atoms with Crippen molar-refractivity contribution in [3.63, 3.8) is 0 Å². The van der Waals surface area contributed by atoms with E-state index in [2.05, 4.69) is 32.7 Å². The van der Waals surface area contributed by atoms with Gasteiger partial charge in [0.05, 0.1) is 26.4 Å². The van der Waals surface area contributed by atoms with E-state index in [0.717, 1.165) is 12.5 Å². The maximum atomic E-state index is 9.25. The quantitative estimate of drug-likeness (QED) is 0.178. The highest BCUT2D eigenvalue weighted by Crippen LogP contribution is 2.19. The van der Waals surface area contributed by atoms with Crippen LogP contribution < -0.4 is 0 Å². The Kier molecular flexibility index (Phi) is 12.5. The van der Waals surface area contributed by atoms with Gasteiger partial charge in [-0.2, -0.15) is 0 Å². The first kappa shape index (κ1) is 25.1. The van der Waals surface area contributed by atoms with Crippen LogP contribution in [-0.4, -0.2) is 88.8 Å². The summed E-state index contributed by atoms with van der Waals surface area (Å²) in [4.78, 5) is 0. The van der Waals surface area contributed by atoms with Crippen molar-refractivity contribution in [2.75, 3.05) is 33.0 Å². The fourth-order valence-corrected chi connectivity index (χ4v) is 10.3. The molecule has 0 aromatic heterocycles. The van der Waals surface area contributed by atoms with Crippen LogP contribution in [0.5, 0.6) is 0 Å². The molecule has 0 aliphatic heterocycles. The Morgan fingerprint density at radius 2 is 1.28 bits per heavy atom. The summed E-state index contributed by atoms with van der Waals surface area (Å²) in [5.41, 5.74) is 0. The maximum Gasteiger partial charge on any atom is 0.178 e. The minimum Gasteiger partial charge on any atom is -0.456 e. The smallest absolute Gasteiger partial charge is 0.178 e. The molecule has 25 heavy (non-hydrogen) atoms. The minimum absolute atomic E-state index is 0.00605. The Morgan fingerprint density at radius 3 is 1.68 bits per heavy atom. The molecular formula is C15H36O8Si2. The van der Waals surface area contributed by atoms with Gasteiger partial charge in [0.25, 0.3) is 0 Å². The van der Waals surface area contributed by atoms with Crippen LogP contribution in [0.15, 0.2) is 0 Å². The molecule has 0 saturated carbocycles. The van der Waals surface area contributed by atoms with E-state index in [1.165, 1.54) is 0 Å². The van der Waals surface area contributed by atoms with E-state index in [-0.39, 0.29) is 13.2 Å². The van der Waals surface area contributed by atoms with Crippen molar-refractivity contribution in [3.8, 4) is 0 Å². The fraction of sp³-hybridized carbons (Fsp3) is 1.00. The van der Waals surface area contributed by atoms with Crippen LogP contribution in [0.2, 0.25) is 38.8 Å². The first-order valence-electron chi connectivity index (χ1n) is 8.62. The van der Waals surface area contributed by atoms with Crippen LogP contribution in [0.25, 0.3) is 0 Å². The summed E-state index contributed by atoms with van der Waals surface area (Å²) in [7, 11) is -3.28. The SMILES string of the molecule is C[Si](C)(C)O[Si](C)(C)CCCOC(COC(O)CO)COC(O)CO. The molecule has 0 aliphatic rings. The highest BCUT2D eigenvalue weighted by atomic mass is 28.4. The second kappa shape index (κ2) is 12.5. The van der Waals surface area contributed by atoms with Gasteiger partial charge < -0.3 is 38.8 Å². The van der Waals surface area contributed by atoms with Crippen molar-refractivity contribution in [2.24, 2.45) is 0 Å². The molecule has 152 valence electrons. The lowest BCUT2D eigenvalue weighted by molar-refractivity contribution is -0.181. The molecule has 0 heterocycles. The lowest BCUT2D eigenvalue weighted by atomic mass is 10.4. The largest absolute Gasteiger partial charge is 0.456 e. The van der Waals surface area contributed by atoms with Gasteiger partial charge in [-0.25, -0.2) is 0 Å². The summed E-state index contributed by atoms with van der Waals surface area (Å²) in [6, 6.07) is 0.963. The number of hydrogen-bond acceptors (Lipinski definition) is 8. The monoisotopic (exact) mass is 400 g/mol. The van der Waals surface area contributed by atoms with Crippen molar-refractivity contribution in [1.82, 2.24) is 0 Å². The highest BCUT2D eigenvalue weighted by Gasteiger charge is 2.29. The number of hydrogen-bond donors (Lipinski definition) is 4. The van der Waals surface area contributed by atoms with Gasteiger partial charge in [0.2, 0.25) is 0 Å². The number of rotatable bonds is 15. The zero-order valence-electron chi connectivity index (χ0n) is 16.1. The predicted molar refractivity (Wildman–Crippen MR) is 99.2 cm³/mol. The summed E-state index contributed by atoms with van der Waals surface area (Å²) < 4.78 is 22.0. The third-order valence-electron chi connectivity index (χ3n) is 3.12. The van der Waals surface area contributed by atoms with Crippen molar-refractivity contribution < 1.29 is 38.8 Å². The summed E-state index contributed by atoms with van der Waals surface area (Å²) >= 11 is 0. The molecule has 2 atom stereocenters. The number of ether oxygens (including phenoxy) is 3. The van der Waals surface area contributed by atoms with Crippen molar-refractivity contribution >= 4 is 16.6 Å². The molecule has 2 unspecified atom stereocenters. The zero-order chi connectivity index (χ0) is 19.5. The van der Waals surface area contributed by atoms with Crippen molar-refractivity contribution in [2.45, 2.75) is 63.9 Å². The summed E-state index contributed by atoms with van der Waals surface area (Å²) in [5.74, 6) is 0. The van der Waals surface area contributed by atoms with Gasteiger partial charge in [-0.15, -0.1) is 0 Å². The van der Waals surface area contributed by atoms with Crippen molar-refractivity contribution in [1.29, 1.82) is 0 Å². The summed E-state index contributed by atoms with van der Waals surface area (Å²) in [5, 5.41) is 36.1. The number of aliphatic hydroxyl groups excluding tert-OH is 4. The third kappa shape index (κ3) is 14.9. The van der Waals surface area contributed by atoms with Gasteiger partial charge in [0.15, 0.2) is 29.2 Å². The zero-order valence-corrected chi connectivity index (χ0v) is 18.1. The van der Waals surface area contributed by atoms with Crippen LogP contribution >= 0.6 is 0 Å². The highest BCUT2D eigenvalue weighted by molar-refractivity contribution is 6.84. The molecule has 0 aromatic rings.